The van der Waals surface area contributed by atoms with Crippen LogP contribution >= 0.6 is 0 Å². The minimum Gasteiger partial charge on any atom is -0.481 e. The van der Waals surface area contributed by atoms with E-state index in [1.165, 1.54) is 0 Å². The van der Waals surface area contributed by atoms with Crippen LogP contribution in [0, 0.1) is 34.5 Å². The summed E-state index contributed by atoms with van der Waals surface area (Å²) in [5.74, 6) is -19.6. The Morgan fingerprint density at radius 2 is 0.886 bits per heavy atom. The highest BCUT2D eigenvalue weighted by Gasteiger charge is 2.61. The first-order valence-electron chi connectivity index (χ1n) is 10.2. The lowest BCUT2D eigenvalue weighted by molar-refractivity contribution is -0.174. The quantitative estimate of drug-likeness (QED) is 0.160. The van der Waals surface area contributed by atoms with Crippen LogP contribution in [-0.2, 0) is 43.1 Å². The zero-order valence-electron chi connectivity index (χ0n) is 17.9. The summed E-state index contributed by atoms with van der Waals surface area (Å²) in [7, 11) is 0. The zero-order chi connectivity index (χ0) is 26.9. The van der Waals surface area contributed by atoms with Gasteiger partial charge in [-0.25, -0.2) is 0 Å². The summed E-state index contributed by atoms with van der Waals surface area (Å²) in [6.07, 6.45) is -5.16. The predicted molar refractivity (Wildman–Crippen MR) is 103 cm³/mol. The Bertz CT molecular complexity index is 920. The molecule has 2 saturated carbocycles. The summed E-state index contributed by atoms with van der Waals surface area (Å²) in [5.41, 5.74) is -4.86. The van der Waals surface area contributed by atoms with E-state index in [0.29, 0.717) is 0 Å². The van der Waals surface area contributed by atoms with Gasteiger partial charge in [0, 0.05) is 0 Å². The number of carboxylic acid groups (broad SMARTS) is 6. The van der Waals surface area contributed by atoms with E-state index in [1.807, 2.05) is 0 Å². The molecule has 192 valence electrons. The Hall–Kier alpha value is -4.04. The molecule has 0 aromatic carbocycles. The van der Waals surface area contributed by atoms with Crippen molar-refractivity contribution < 1.29 is 73.7 Å². The molecule has 2 fully saturated rings. The molecule has 6 atom stereocenters. The third kappa shape index (κ3) is 5.07. The van der Waals surface area contributed by atoms with Gasteiger partial charge in [0.25, 0.3) is 0 Å². The maximum Gasteiger partial charge on any atom is 0.314 e. The Kier molecular flexibility index (Phi) is 7.52. The molecule has 0 aromatic rings. The lowest BCUT2D eigenvalue weighted by Crippen LogP contribution is -2.43. The topological polar surface area (TPSA) is 267 Å². The van der Waals surface area contributed by atoms with Gasteiger partial charge in [0.15, 0.2) is 0 Å². The number of hydrogen-bond donors (Lipinski definition) is 6. The van der Waals surface area contributed by atoms with Crippen LogP contribution in [0.25, 0.3) is 0 Å². The minimum absolute atomic E-state index is 0.600. The van der Waals surface area contributed by atoms with Crippen LogP contribution in [0.15, 0.2) is 0 Å². The van der Waals surface area contributed by atoms with Crippen LogP contribution in [0.2, 0.25) is 0 Å². The van der Waals surface area contributed by atoms with Gasteiger partial charge >= 0.3 is 47.8 Å². The molecule has 2 aliphatic rings. The Balaban J connectivity index is 2.26. The normalized spacial score (nSPS) is 31.9. The predicted octanol–water partition coefficient (Wildman–Crippen LogP) is -0.631. The SMILES string of the molecule is O=C(CC1(C(=O)O)CC(C(=O)O)CC1C(=O)O)OC(=O)CC1(C(=O)O)CC(C(=O)O)CC1C(=O)O. The first kappa shape index (κ1) is 27.2. The molecule has 2 rings (SSSR count). The average molecular weight is 502 g/mol. The van der Waals surface area contributed by atoms with E-state index < -0.39 is 121 Å². The van der Waals surface area contributed by atoms with Crippen molar-refractivity contribution >= 4 is 47.8 Å². The van der Waals surface area contributed by atoms with Gasteiger partial charge in [-0.3, -0.25) is 38.4 Å². The van der Waals surface area contributed by atoms with Gasteiger partial charge in [-0.15, -0.1) is 0 Å². The molecule has 6 N–H and O–H groups in total. The molecule has 0 aliphatic heterocycles. The average Bonchev–Trinajstić information content (AvgIpc) is 3.29. The fraction of sp³-hybridized carbons (Fsp3) is 0.600. The molecule has 6 unspecified atom stereocenters. The molecule has 2 aliphatic carbocycles. The van der Waals surface area contributed by atoms with Gasteiger partial charge in [-0.2, -0.15) is 0 Å². The number of aliphatic carboxylic acids is 6. The van der Waals surface area contributed by atoms with E-state index in [0.717, 1.165) is 0 Å². The molecule has 0 amide bonds. The van der Waals surface area contributed by atoms with Gasteiger partial charge in [0.2, 0.25) is 0 Å². The number of carboxylic acids is 6. The molecule has 0 heterocycles. The van der Waals surface area contributed by atoms with E-state index in [4.69, 9.17) is 0 Å². The second-order valence-corrected chi connectivity index (χ2v) is 8.85. The van der Waals surface area contributed by atoms with Crippen molar-refractivity contribution in [2.45, 2.75) is 38.5 Å². The van der Waals surface area contributed by atoms with E-state index in [-0.39, 0.29) is 0 Å². The third-order valence-corrected chi connectivity index (χ3v) is 6.89. The van der Waals surface area contributed by atoms with Crippen molar-refractivity contribution in [1.29, 1.82) is 0 Å². The molecule has 35 heavy (non-hydrogen) atoms. The van der Waals surface area contributed by atoms with E-state index >= 15 is 0 Å². The van der Waals surface area contributed by atoms with E-state index in [2.05, 4.69) is 4.74 Å². The molecule has 0 aromatic heterocycles. The molecule has 15 heteroatoms. The Labute approximate surface area is 195 Å². The lowest BCUT2D eigenvalue weighted by atomic mass is 9.74. The molecule has 0 spiro atoms. The van der Waals surface area contributed by atoms with Gasteiger partial charge in [-0.05, 0) is 25.7 Å². The standard InChI is InChI=1S/C20H22O15/c21-11(5-19(17(31)32)3-7(13(23)24)1-9(19)15(27)28)35-12(22)6-20(18(33)34)4-8(14(25)26)2-10(20)16(29)30/h7-10H,1-6H2,(H,23,24)(H,25,26)(H,27,28)(H,29,30)(H,31,32)(H,33,34). The van der Waals surface area contributed by atoms with E-state index in [9.17, 15) is 69.0 Å². The molecule has 0 saturated heterocycles. The highest BCUT2D eigenvalue weighted by molar-refractivity contribution is 5.95. The monoisotopic (exact) mass is 502 g/mol. The number of rotatable bonds is 10. The van der Waals surface area contributed by atoms with Crippen molar-refractivity contribution in [3.63, 3.8) is 0 Å². The van der Waals surface area contributed by atoms with Crippen molar-refractivity contribution in [3.05, 3.63) is 0 Å². The van der Waals surface area contributed by atoms with Gasteiger partial charge in [-0.1, -0.05) is 0 Å². The number of hydrogen-bond acceptors (Lipinski definition) is 9. The lowest BCUT2D eigenvalue weighted by Gasteiger charge is -2.29. The summed E-state index contributed by atoms with van der Waals surface area (Å²) in [5, 5.41) is 56.4. The third-order valence-electron chi connectivity index (χ3n) is 6.89. The minimum atomic E-state index is -2.43. The first-order valence-corrected chi connectivity index (χ1v) is 10.2. The van der Waals surface area contributed by atoms with Crippen molar-refractivity contribution in [1.82, 2.24) is 0 Å². The molecular formula is C20H22O15. The second kappa shape index (κ2) is 9.68. The maximum absolute atomic E-state index is 12.4. The fourth-order valence-electron chi connectivity index (χ4n) is 5.13. The van der Waals surface area contributed by atoms with Crippen LogP contribution < -0.4 is 0 Å². The Morgan fingerprint density at radius 3 is 1.11 bits per heavy atom. The Morgan fingerprint density at radius 1 is 0.571 bits per heavy atom. The molecular weight excluding hydrogens is 480 g/mol. The number of ether oxygens (including phenoxy) is 1. The van der Waals surface area contributed by atoms with Crippen LogP contribution in [0.3, 0.4) is 0 Å². The van der Waals surface area contributed by atoms with Crippen LogP contribution in [0.5, 0.6) is 0 Å². The van der Waals surface area contributed by atoms with Gasteiger partial charge in [0.05, 0.1) is 47.3 Å². The summed E-state index contributed by atoms with van der Waals surface area (Å²) < 4.78 is 4.49. The maximum atomic E-state index is 12.4. The molecule has 0 radical (unpaired) electrons. The highest BCUT2D eigenvalue weighted by Crippen LogP contribution is 2.51. The molecule has 15 nitrogen and oxygen atoms in total. The van der Waals surface area contributed by atoms with Crippen LogP contribution in [0.1, 0.15) is 38.5 Å². The highest BCUT2D eigenvalue weighted by atomic mass is 16.6. The zero-order valence-corrected chi connectivity index (χ0v) is 17.9. The fourth-order valence-corrected chi connectivity index (χ4v) is 5.13. The summed E-state index contributed by atoms with van der Waals surface area (Å²) in [6.45, 7) is 0. The smallest absolute Gasteiger partial charge is 0.314 e. The largest absolute Gasteiger partial charge is 0.481 e. The van der Waals surface area contributed by atoms with Gasteiger partial charge in [0.1, 0.15) is 0 Å². The van der Waals surface area contributed by atoms with Gasteiger partial charge < -0.3 is 35.4 Å². The van der Waals surface area contributed by atoms with Crippen molar-refractivity contribution in [2.24, 2.45) is 34.5 Å². The second-order valence-electron chi connectivity index (χ2n) is 8.85. The van der Waals surface area contributed by atoms with Crippen molar-refractivity contribution in [2.75, 3.05) is 0 Å². The van der Waals surface area contributed by atoms with E-state index in [1.54, 1.807) is 0 Å². The summed E-state index contributed by atoms with van der Waals surface area (Å²) in [4.78, 5) is 94.4. The summed E-state index contributed by atoms with van der Waals surface area (Å²) >= 11 is 0. The summed E-state index contributed by atoms with van der Waals surface area (Å²) in [6, 6.07) is 0. The first-order chi connectivity index (χ1) is 16.1. The molecule has 0 bridgehead atoms. The number of carbonyl (C=O) groups excluding carboxylic acids is 2. The van der Waals surface area contributed by atoms with Crippen LogP contribution in [-0.4, -0.2) is 78.4 Å². The van der Waals surface area contributed by atoms with Crippen molar-refractivity contribution in [3.8, 4) is 0 Å². The number of esters is 2. The number of carbonyl (C=O) groups is 8. The van der Waals surface area contributed by atoms with Crippen LogP contribution in [0.4, 0.5) is 0 Å².